The number of anilines is 1. The molecule has 0 amide bonds. The molecule has 1 heterocycles. The van der Waals surface area contributed by atoms with Gasteiger partial charge in [0.15, 0.2) is 0 Å². The zero-order chi connectivity index (χ0) is 20.3. The maximum Gasteiger partial charge on any atom is 0.416 e. The van der Waals surface area contributed by atoms with Crippen LogP contribution < -0.4 is 9.64 Å². The van der Waals surface area contributed by atoms with E-state index in [0.29, 0.717) is 36.6 Å². The molecular weight excluding hydrogens is 375 g/mol. The highest BCUT2D eigenvalue weighted by molar-refractivity contribution is 5.77. The topological polar surface area (TPSA) is 59.0 Å². The van der Waals surface area contributed by atoms with Crippen LogP contribution in [-0.2, 0) is 15.7 Å². The number of hydrogen-bond donors (Lipinski definition) is 1. The van der Waals surface area contributed by atoms with Gasteiger partial charge in [-0.2, -0.15) is 13.2 Å². The van der Waals surface area contributed by atoms with Crippen molar-refractivity contribution in [3.63, 3.8) is 0 Å². The molecule has 1 aliphatic heterocycles. The van der Waals surface area contributed by atoms with E-state index >= 15 is 0 Å². The largest absolute Gasteiger partial charge is 0.491 e. The van der Waals surface area contributed by atoms with E-state index in [2.05, 4.69) is 0 Å². The van der Waals surface area contributed by atoms with Crippen LogP contribution in [0.5, 0.6) is 5.75 Å². The van der Waals surface area contributed by atoms with Crippen molar-refractivity contribution >= 4 is 11.7 Å². The molecule has 5 nitrogen and oxygen atoms in total. The maximum atomic E-state index is 13.2. The van der Waals surface area contributed by atoms with Gasteiger partial charge in [-0.15, -0.1) is 0 Å². The summed E-state index contributed by atoms with van der Waals surface area (Å²) in [6, 6.07) is 10.4. The Hall–Kier alpha value is -2.74. The Labute approximate surface area is 160 Å². The molecule has 1 saturated heterocycles. The number of hydrogen-bond acceptors (Lipinski definition) is 4. The molecule has 1 fully saturated rings. The molecule has 0 saturated carbocycles. The molecule has 0 spiro atoms. The van der Waals surface area contributed by atoms with Crippen LogP contribution in [0.25, 0.3) is 11.1 Å². The van der Waals surface area contributed by atoms with Crippen molar-refractivity contribution in [1.82, 2.24) is 0 Å². The molecule has 0 radical (unpaired) electrons. The Balaban J connectivity index is 1.92. The highest BCUT2D eigenvalue weighted by Crippen LogP contribution is 2.38. The van der Waals surface area contributed by atoms with Gasteiger partial charge >= 0.3 is 12.1 Å². The third-order valence-electron chi connectivity index (χ3n) is 4.61. The molecule has 150 valence electrons. The van der Waals surface area contributed by atoms with Crippen LogP contribution in [0, 0.1) is 5.92 Å². The van der Waals surface area contributed by atoms with Gasteiger partial charge in [-0.25, -0.2) is 0 Å². The number of alkyl halides is 3. The molecule has 0 atom stereocenters. The third-order valence-corrected chi connectivity index (χ3v) is 4.61. The van der Waals surface area contributed by atoms with E-state index in [1.165, 1.54) is 13.2 Å². The van der Waals surface area contributed by atoms with E-state index in [1.54, 1.807) is 24.3 Å². The quantitative estimate of drug-likeness (QED) is 0.721. The van der Waals surface area contributed by atoms with Crippen LogP contribution in [-0.4, -0.2) is 44.5 Å². The van der Waals surface area contributed by atoms with Crippen LogP contribution >= 0.6 is 0 Å². The molecule has 8 heteroatoms. The van der Waals surface area contributed by atoms with Gasteiger partial charge in [-0.05, 0) is 35.9 Å². The highest BCUT2D eigenvalue weighted by Gasteiger charge is 2.33. The number of aliphatic carboxylic acids is 1. The number of methoxy groups -OCH3 is 1. The third kappa shape index (κ3) is 4.39. The molecule has 2 aromatic rings. The minimum Gasteiger partial charge on any atom is -0.491 e. The van der Waals surface area contributed by atoms with Gasteiger partial charge in [-0.1, -0.05) is 12.1 Å². The summed E-state index contributed by atoms with van der Waals surface area (Å²) in [6.07, 6.45) is -4.47. The van der Waals surface area contributed by atoms with E-state index in [9.17, 15) is 18.0 Å². The average Bonchev–Trinajstić information content (AvgIpc) is 2.60. The van der Waals surface area contributed by atoms with E-state index in [4.69, 9.17) is 14.6 Å². The molecule has 0 aromatic heterocycles. The molecule has 28 heavy (non-hydrogen) atoms. The monoisotopic (exact) mass is 395 g/mol. The summed E-state index contributed by atoms with van der Waals surface area (Å²) in [5, 5.41) is 9.02. The van der Waals surface area contributed by atoms with Gasteiger partial charge in [0.1, 0.15) is 12.4 Å². The van der Waals surface area contributed by atoms with E-state index < -0.39 is 23.6 Å². The lowest BCUT2D eigenvalue weighted by molar-refractivity contribution is -0.142. The van der Waals surface area contributed by atoms with Gasteiger partial charge in [0.05, 0.1) is 18.1 Å². The van der Waals surface area contributed by atoms with Crippen LogP contribution in [0.2, 0.25) is 0 Å². The number of rotatable bonds is 7. The van der Waals surface area contributed by atoms with Gasteiger partial charge in [0.2, 0.25) is 0 Å². The standard InChI is InChI=1S/C20H20F3NO4/c1-27-7-8-28-18-6-5-15(20(21,22)23)10-17(18)13-3-2-4-16(9-13)24-11-14(12-24)19(25)26/h2-6,9-10,14H,7-8,11-12H2,1H3,(H,25,26). The Morgan fingerprint density at radius 2 is 1.93 bits per heavy atom. The van der Waals surface area contributed by atoms with E-state index in [0.717, 1.165) is 17.8 Å². The zero-order valence-electron chi connectivity index (χ0n) is 15.2. The fourth-order valence-electron chi connectivity index (χ4n) is 3.01. The van der Waals surface area contributed by atoms with Crippen LogP contribution in [0.4, 0.5) is 18.9 Å². The molecule has 1 aliphatic rings. The van der Waals surface area contributed by atoms with Crippen molar-refractivity contribution < 1.29 is 32.5 Å². The molecule has 1 N–H and O–H groups in total. The lowest BCUT2D eigenvalue weighted by Crippen LogP contribution is -2.50. The van der Waals surface area contributed by atoms with Crippen molar-refractivity contribution in [2.75, 3.05) is 38.3 Å². The maximum absolute atomic E-state index is 13.2. The fourth-order valence-corrected chi connectivity index (χ4v) is 3.01. The lowest BCUT2D eigenvalue weighted by atomic mass is 9.97. The second kappa shape index (κ2) is 8.10. The first kappa shape index (κ1) is 20.0. The molecule has 0 aliphatic carbocycles. The van der Waals surface area contributed by atoms with Crippen LogP contribution in [0.15, 0.2) is 42.5 Å². The van der Waals surface area contributed by atoms with E-state index in [1.807, 2.05) is 4.90 Å². The number of nitrogens with zero attached hydrogens (tertiary/aromatic N) is 1. The summed E-state index contributed by atoms with van der Waals surface area (Å²) in [4.78, 5) is 12.9. The minimum atomic E-state index is -4.47. The summed E-state index contributed by atoms with van der Waals surface area (Å²) < 4.78 is 50.1. The van der Waals surface area contributed by atoms with Gasteiger partial charge in [0.25, 0.3) is 0 Å². The van der Waals surface area contributed by atoms with Gasteiger partial charge in [-0.3, -0.25) is 4.79 Å². The summed E-state index contributed by atoms with van der Waals surface area (Å²) in [5.41, 5.74) is 0.884. The predicted molar refractivity (Wildman–Crippen MR) is 97.6 cm³/mol. The zero-order valence-corrected chi connectivity index (χ0v) is 15.2. The first-order chi connectivity index (χ1) is 13.3. The van der Waals surface area contributed by atoms with Gasteiger partial charge in [0, 0.05) is 31.5 Å². The number of ether oxygens (including phenoxy) is 2. The number of halogens is 3. The molecule has 2 aromatic carbocycles. The number of benzene rings is 2. The van der Waals surface area contributed by atoms with Crippen LogP contribution in [0.3, 0.4) is 0 Å². The smallest absolute Gasteiger partial charge is 0.416 e. The normalized spacial score (nSPS) is 14.6. The van der Waals surface area contributed by atoms with Crippen molar-refractivity contribution in [1.29, 1.82) is 0 Å². The molecule has 0 unspecified atom stereocenters. The van der Waals surface area contributed by atoms with Crippen molar-refractivity contribution in [2.24, 2.45) is 5.92 Å². The Bertz CT molecular complexity index is 848. The first-order valence-corrected chi connectivity index (χ1v) is 8.71. The second-order valence-electron chi connectivity index (χ2n) is 6.54. The summed E-state index contributed by atoms with van der Waals surface area (Å²) in [7, 11) is 1.51. The number of carboxylic acids is 1. The predicted octanol–water partition coefficient (Wildman–Crippen LogP) is 3.92. The van der Waals surface area contributed by atoms with Crippen LogP contribution in [0.1, 0.15) is 5.56 Å². The molecular formula is C20H20F3NO4. The second-order valence-corrected chi connectivity index (χ2v) is 6.54. The highest BCUT2D eigenvalue weighted by atomic mass is 19.4. The van der Waals surface area contributed by atoms with E-state index in [-0.39, 0.29) is 6.61 Å². The van der Waals surface area contributed by atoms with Gasteiger partial charge < -0.3 is 19.5 Å². The lowest BCUT2D eigenvalue weighted by Gasteiger charge is -2.38. The Kier molecular flexibility index (Phi) is 5.79. The van der Waals surface area contributed by atoms with Crippen molar-refractivity contribution in [3.8, 4) is 16.9 Å². The van der Waals surface area contributed by atoms with Crippen molar-refractivity contribution in [2.45, 2.75) is 6.18 Å². The average molecular weight is 395 g/mol. The fraction of sp³-hybridized carbons (Fsp3) is 0.350. The molecule has 3 rings (SSSR count). The summed E-state index contributed by atoms with van der Waals surface area (Å²) in [5.74, 6) is -0.946. The molecule has 0 bridgehead atoms. The minimum absolute atomic E-state index is 0.209. The number of carbonyl (C=O) groups is 1. The SMILES string of the molecule is COCCOc1ccc(C(F)(F)F)cc1-c1cccc(N2CC(C(=O)O)C2)c1. The summed E-state index contributed by atoms with van der Waals surface area (Å²) >= 11 is 0. The van der Waals surface area contributed by atoms with Crippen molar-refractivity contribution in [3.05, 3.63) is 48.0 Å². The Morgan fingerprint density at radius 1 is 1.18 bits per heavy atom. The Morgan fingerprint density at radius 3 is 2.57 bits per heavy atom. The first-order valence-electron chi connectivity index (χ1n) is 8.71. The summed E-state index contributed by atoms with van der Waals surface area (Å²) in [6.45, 7) is 1.27. The number of carboxylic acid groups (broad SMARTS) is 1.